The van der Waals surface area contributed by atoms with Crippen molar-refractivity contribution < 1.29 is 4.74 Å². The maximum absolute atomic E-state index is 5.69. The number of hydrogen-bond acceptors (Lipinski definition) is 4. The van der Waals surface area contributed by atoms with Gasteiger partial charge < -0.3 is 10.1 Å². The lowest BCUT2D eigenvalue weighted by Crippen LogP contribution is -2.19. The molecule has 5 nitrogen and oxygen atoms in total. The fourth-order valence-electron chi connectivity index (χ4n) is 2.18. The Morgan fingerprint density at radius 1 is 1.20 bits per heavy atom. The van der Waals surface area contributed by atoms with E-state index >= 15 is 0 Å². The smallest absolute Gasteiger partial charge is 0.128 e. The first-order valence-electron chi connectivity index (χ1n) is 6.74. The van der Waals surface area contributed by atoms with Gasteiger partial charge in [0.15, 0.2) is 0 Å². The molecule has 1 aromatic carbocycles. The van der Waals surface area contributed by atoms with Crippen LogP contribution in [0.5, 0.6) is 0 Å². The third-order valence-corrected chi connectivity index (χ3v) is 3.20. The van der Waals surface area contributed by atoms with Gasteiger partial charge in [0.05, 0.1) is 26.0 Å². The van der Waals surface area contributed by atoms with Gasteiger partial charge in [-0.1, -0.05) is 24.3 Å². The predicted octanol–water partition coefficient (Wildman–Crippen LogP) is 1.49. The maximum Gasteiger partial charge on any atom is 0.128 e. The van der Waals surface area contributed by atoms with E-state index in [-0.39, 0.29) is 0 Å². The first kappa shape index (κ1) is 12.9. The number of amidine groups is 1. The predicted molar refractivity (Wildman–Crippen MR) is 77.5 cm³/mol. The number of hydrogen-bond donors (Lipinski definition) is 1. The van der Waals surface area contributed by atoms with Gasteiger partial charge in [-0.05, 0) is 5.56 Å². The van der Waals surface area contributed by atoms with Crippen molar-refractivity contribution in [2.45, 2.75) is 13.2 Å². The van der Waals surface area contributed by atoms with Crippen LogP contribution in [-0.2, 0) is 25.0 Å². The molecule has 1 aliphatic heterocycles. The van der Waals surface area contributed by atoms with Crippen LogP contribution >= 0.6 is 0 Å². The van der Waals surface area contributed by atoms with Gasteiger partial charge in [0.1, 0.15) is 5.84 Å². The van der Waals surface area contributed by atoms with Crippen molar-refractivity contribution in [1.29, 1.82) is 0 Å². The molecule has 104 valence electrons. The van der Waals surface area contributed by atoms with Gasteiger partial charge in [-0.3, -0.25) is 9.67 Å². The zero-order valence-electron chi connectivity index (χ0n) is 11.5. The SMILES string of the molecule is Cn1cc(COCc2ccc(C3=NCCN3)cc2)cn1. The number of nitrogens with one attached hydrogen (secondary N) is 1. The van der Waals surface area contributed by atoms with Crippen molar-refractivity contribution in [1.82, 2.24) is 15.1 Å². The van der Waals surface area contributed by atoms with Crippen molar-refractivity contribution in [3.63, 3.8) is 0 Å². The molecule has 1 N–H and O–H groups in total. The summed E-state index contributed by atoms with van der Waals surface area (Å²) in [6.07, 6.45) is 3.79. The molecule has 0 aliphatic carbocycles. The first-order valence-corrected chi connectivity index (χ1v) is 6.74. The summed E-state index contributed by atoms with van der Waals surface area (Å²) in [5.74, 6) is 0.993. The minimum Gasteiger partial charge on any atom is -0.372 e. The Labute approximate surface area is 118 Å². The van der Waals surface area contributed by atoms with Crippen LogP contribution in [0.4, 0.5) is 0 Å². The van der Waals surface area contributed by atoms with Crippen molar-refractivity contribution >= 4 is 5.84 Å². The fraction of sp³-hybridized carbons (Fsp3) is 0.333. The number of ether oxygens (including phenoxy) is 1. The van der Waals surface area contributed by atoms with Crippen molar-refractivity contribution in [2.24, 2.45) is 12.0 Å². The van der Waals surface area contributed by atoms with Crippen molar-refractivity contribution in [2.75, 3.05) is 13.1 Å². The number of aliphatic imine (C=N–C) groups is 1. The summed E-state index contributed by atoms with van der Waals surface area (Å²) in [5, 5.41) is 7.38. The largest absolute Gasteiger partial charge is 0.372 e. The highest BCUT2D eigenvalue weighted by Gasteiger charge is 2.07. The lowest BCUT2D eigenvalue weighted by atomic mass is 10.1. The van der Waals surface area contributed by atoms with Gasteiger partial charge in [0.2, 0.25) is 0 Å². The highest BCUT2D eigenvalue weighted by molar-refractivity contribution is 5.99. The zero-order valence-corrected chi connectivity index (χ0v) is 11.5. The Balaban J connectivity index is 1.53. The molecule has 2 aromatic rings. The standard InChI is InChI=1S/C15H18N4O/c1-19-9-13(8-18-19)11-20-10-12-2-4-14(5-3-12)15-16-6-7-17-15/h2-5,8-9H,6-7,10-11H2,1H3,(H,16,17). The average Bonchev–Trinajstić information content (AvgIpc) is 3.11. The van der Waals surface area contributed by atoms with Crippen molar-refractivity contribution in [3.8, 4) is 0 Å². The van der Waals surface area contributed by atoms with Crippen LogP contribution < -0.4 is 5.32 Å². The highest BCUT2D eigenvalue weighted by Crippen LogP contribution is 2.09. The van der Waals surface area contributed by atoms with E-state index in [2.05, 4.69) is 39.7 Å². The molecular formula is C15H18N4O. The molecule has 0 spiro atoms. The third-order valence-electron chi connectivity index (χ3n) is 3.20. The summed E-state index contributed by atoms with van der Waals surface area (Å²) in [4.78, 5) is 4.40. The second kappa shape index (κ2) is 5.88. The Bertz CT molecular complexity index is 601. The van der Waals surface area contributed by atoms with E-state index in [0.717, 1.165) is 35.6 Å². The Kier molecular flexibility index (Phi) is 3.78. The second-order valence-corrected chi connectivity index (χ2v) is 4.87. The molecule has 0 unspecified atom stereocenters. The van der Waals surface area contributed by atoms with E-state index < -0.39 is 0 Å². The van der Waals surface area contributed by atoms with Gasteiger partial charge >= 0.3 is 0 Å². The van der Waals surface area contributed by atoms with E-state index in [1.807, 2.05) is 19.4 Å². The van der Waals surface area contributed by atoms with Gasteiger partial charge in [0.25, 0.3) is 0 Å². The van der Waals surface area contributed by atoms with E-state index in [1.54, 1.807) is 4.68 Å². The fourth-order valence-corrected chi connectivity index (χ4v) is 2.18. The van der Waals surface area contributed by atoms with Gasteiger partial charge in [-0.15, -0.1) is 0 Å². The van der Waals surface area contributed by atoms with Crippen molar-refractivity contribution in [3.05, 3.63) is 53.3 Å². The summed E-state index contributed by atoms with van der Waals surface area (Å²) < 4.78 is 7.47. The highest BCUT2D eigenvalue weighted by atomic mass is 16.5. The van der Waals surface area contributed by atoms with E-state index in [9.17, 15) is 0 Å². The van der Waals surface area contributed by atoms with E-state index in [4.69, 9.17) is 4.74 Å². The number of aromatic nitrogens is 2. The van der Waals surface area contributed by atoms with E-state index in [1.165, 1.54) is 0 Å². The second-order valence-electron chi connectivity index (χ2n) is 4.87. The summed E-state index contributed by atoms with van der Waals surface area (Å²) >= 11 is 0. The molecule has 3 rings (SSSR count). The average molecular weight is 270 g/mol. The number of rotatable bonds is 5. The van der Waals surface area contributed by atoms with E-state index in [0.29, 0.717) is 13.2 Å². The molecule has 0 saturated carbocycles. The Morgan fingerprint density at radius 2 is 2.00 bits per heavy atom. The van der Waals surface area contributed by atoms with Crippen LogP contribution in [0, 0.1) is 0 Å². The van der Waals surface area contributed by atoms with Crippen LogP contribution in [0.2, 0.25) is 0 Å². The van der Waals surface area contributed by atoms with Gasteiger partial charge in [-0.25, -0.2) is 0 Å². The Morgan fingerprint density at radius 3 is 2.65 bits per heavy atom. The molecule has 5 heteroatoms. The summed E-state index contributed by atoms with van der Waals surface area (Å²) in [7, 11) is 1.90. The van der Waals surface area contributed by atoms with Gasteiger partial charge in [0, 0.05) is 30.9 Å². The quantitative estimate of drug-likeness (QED) is 0.895. The summed E-state index contributed by atoms with van der Waals surface area (Å²) in [5.41, 5.74) is 3.39. The monoisotopic (exact) mass is 270 g/mol. The van der Waals surface area contributed by atoms with Crippen LogP contribution in [-0.4, -0.2) is 28.7 Å². The minimum absolute atomic E-state index is 0.587. The lowest BCUT2D eigenvalue weighted by Gasteiger charge is -2.05. The van der Waals surface area contributed by atoms with Crippen LogP contribution in [0.1, 0.15) is 16.7 Å². The molecule has 0 atom stereocenters. The molecule has 1 aromatic heterocycles. The normalized spacial score (nSPS) is 14.2. The Hall–Kier alpha value is -2.14. The van der Waals surface area contributed by atoms with Gasteiger partial charge in [-0.2, -0.15) is 5.10 Å². The van der Waals surface area contributed by atoms with Crippen LogP contribution in [0.25, 0.3) is 0 Å². The zero-order chi connectivity index (χ0) is 13.8. The molecular weight excluding hydrogens is 252 g/mol. The molecule has 0 radical (unpaired) electrons. The summed E-state index contributed by atoms with van der Waals surface area (Å²) in [6.45, 7) is 3.00. The van der Waals surface area contributed by atoms with Crippen LogP contribution in [0.3, 0.4) is 0 Å². The molecule has 1 aliphatic rings. The molecule has 0 amide bonds. The molecule has 0 saturated heterocycles. The number of nitrogens with zero attached hydrogens (tertiary/aromatic N) is 3. The molecule has 2 heterocycles. The summed E-state index contributed by atoms with van der Waals surface area (Å²) in [6, 6.07) is 8.34. The number of benzene rings is 1. The molecule has 0 bridgehead atoms. The third kappa shape index (κ3) is 3.05. The minimum atomic E-state index is 0.587. The topological polar surface area (TPSA) is 51.4 Å². The number of aryl methyl sites for hydroxylation is 1. The molecule has 20 heavy (non-hydrogen) atoms. The maximum atomic E-state index is 5.69. The lowest BCUT2D eigenvalue weighted by molar-refractivity contribution is 0.107. The van der Waals surface area contributed by atoms with Crippen LogP contribution in [0.15, 0.2) is 41.7 Å². The molecule has 0 fully saturated rings. The first-order chi connectivity index (χ1) is 9.81.